The van der Waals surface area contributed by atoms with Gasteiger partial charge in [0.2, 0.25) is 0 Å². The molecule has 0 bridgehead atoms. The van der Waals surface area contributed by atoms with Gasteiger partial charge in [-0.3, -0.25) is 0 Å². The Balaban J connectivity index is 2.23. The van der Waals surface area contributed by atoms with Crippen LogP contribution in [-0.2, 0) is 6.54 Å². The Labute approximate surface area is 112 Å². The molecule has 0 radical (unpaired) electrons. The Morgan fingerprint density at radius 2 is 1.83 bits per heavy atom. The quantitative estimate of drug-likeness (QED) is 0.854. The number of halogens is 1. The van der Waals surface area contributed by atoms with E-state index in [1.807, 2.05) is 44.9 Å². The van der Waals surface area contributed by atoms with E-state index in [9.17, 15) is 0 Å². The Bertz CT molecular complexity index is 565. The number of furan rings is 1. The van der Waals surface area contributed by atoms with E-state index in [0.717, 1.165) is 22.9 Å². The summed E-state index contributed by atoms with van der Waals surface area (Å²) in [6, 6.07) is 3.89. The zero-order valence-corrected chi connectivity index (χ0v) is 11.7. The van der Waals surface area contributed by atoms with Crippen molar-refractivity contribution in [3.05, 3.63) is 40.2 Å². The molecule has 0 amide bonds. The van der Waals surface area contributed by atoms with Gasteiger partial charge < -0.3 is 9.32 Å². The smallest absolute Gasteiger partial charge is 0.171 e. The first-order valence-electron chi connectivity index (χ1n) is 5.74. The Morgan fingerprint density at radius 1 is 1.17 bits per heavy atom. The van der Waals surface area contributed by atoms with Crippen LogP contribution in [0.2, 0.25) is 5.15 Å². The van der Waals surface area contributed by atoms with Crippen LogP contribution in [0.1, 0.15) is 22.9 Å². The maximum absolute atomic E-state index is 6.12. The van der Waals surface area contributed by atoms with Crippen LogP contribution in [0.3, 0.4) is 0 Å². The molecule has 0 aliphatic heterocycles. The molecule has 0 aliphatic carbocycles. The highest BCUT2D eigenvalue weighted by atomic mass is 35.5. The Hall–Kier alpha value is -1.55. The van der Waals surface area contributed by atoms with Crippen molar-refractivity contribution in [3.63, 3.8) is 0 Å². The first kappa shape index (κ1) is 12.9. The second-order valence-corrected chi connectivity index (χ2v) is 4.74. The molecule has 2 aromatic heterocycles. The predicted molar refractivity (Wildman–Crippen MR) is 72.1 cm³/mol. The number of hydrogen-bond acceptors (Lipinski definition) is 4. The number of hydrogen-bond donors (Lipinski definition) is 0. The normalized spacial score (nSPS) is 10.7. The highest BCUT2D eigenvalue weighted by Gasteiger charge is 2.13. The van der Waals surface area contributed by atoms with Crippen molar-refractivity contribution in [1.29, 1.82) is 0 Å². The zero-order valence-electron chi connectivity index (χ0n) is 11.0. The van der Waals surface area contributed by atoms with Crippen molar-refractivity contribution in [1.82, 2.24) is 9.97 Å². The van der Waals surface area contributed by atoms with E-state index in [-0.39, 0.29) is 0 Å². The number of anilines is 1. The van der Waals surface area contributed by atoms with Crippen LogP contribution >= 0.6 is 11.6 Å². The summed E-state index contributed by atoms with van der Waals surface area (Å²) >= 11 is 6.12. The molecule has 0 aliphatic rings. The molecule has 2 aromatic rings. The SMILES string of the molecule is Cc1ccc(CN(C)c2nc(C)c(C)nc2Cl)o1. The molecule has 0 spiro atoms. The molecule has 0 aromatic carbocycles. The fourth-order valence-electron chi connectivity index (χ4n) is 1.69. The minimum atomic E-state index is 0.420. The third-order valence-corrected chi connectivity index (χ3v) is 3.05. The molecule has 18 heavy (non-hydrogen) atoms. The van der Waals surface area contributed by atoms with Gasteiger partial charge in [-0.2, -0.15) is 0 Å². The predicted octanol–water partition coefficient (Wildman–Crippen LogP) is 3.28. The Morgan fingerprint density at radius 3 is 2.44 bits per heavy atom. The number of aryl methyl sites for hydroxylation is 3. The topological polar surface area (TPSA) is 42.2 Å². The average molecular weight is 266 g/mol. The lowest BCUT2D eigenvalue weighted by atomic mass is 10.3. The number of aromatic nitrogens is 2. The van der Waals surface area contributed by atoms with Gasteiger partial charge in [-0.05, 0) is 32.9 Å². The highest BCUT2D eigenvalue weighted by Crippen LogP contribution is 2.23. The van der Waals surface area contributed by atoms with Crippen LogP contribution in [0.4, 0.5) is 5.82 Å². The van der Waals surface area contributed by atoms with Crippen molar-refractivity contribution in [2.24, 2.45) is 0 Å². The van der Waals surface area contributed by atoms with Gasteiger partial charge in [0.15, 0.2) is 11.0 Å². The van der Waals surface area contributed by atoms with Crippen LogP contribution in [0, 0.1) is 20.8 Å². The van der Waals surface area contributed by atoms with Gasteiger partial charge in [0.25, 0.3) is 0 Å². The van der Waals surface area contributed by atoms with Crippen LogP contribution in [-0.4, -0.2) is 17.0 Å². The summed E-state index contributed by atoms with van der Waals surface area (Å²) in [4.78, 5) is 10.7. The third kappa shape index (κ3) is 2.64. The summed E-state index contributed by atoms with van der Waals surface area (Å²) in [5.74, 6) is 2.45. The summed E-state index contributed by atoms with van der Waals surface area (Å²) < 4.78 is 5.54. The third-order valence-electron chi connectivity index (χ3n) is 2.80. The average Bonchev–Trinajstić information content (AvgIpc) is 2.69. The lowest BCUT2D eigenvalue weighted by Crippen LogP contribution is -2.19. The standard InChI is InChI=1S/C13H16ClN3O/c1-8-5-6-11(18-8)7-17(4)13-12(14)15-9(2)10(3)16-13/h5-6H,7H2,1-4H3. The molecule has 4 nitrogen and oxygen atoms in total. The van der Waals surface area contributed by atoms with Crippen LogP contribution in [0.5, 0.6) is 0 Å². The molecule has 0 saturated carbocycles. The van der Waals surface area contributed by atoms with Crippen molar-refractivity contribution < 1.29 is 4.42 Å². The minimum absolute atomic E-state index is 0.420. The van der Waals surface area contributed by atoms with E-state index in [1.54, 1.807) is 0 Å². The lowest BCUT2D eigenvalue weighted by molar-refractivity contribution is 0.481. The maximum Gasteiger partial charge on any atom is 0.171 e. The van der Waals surface area contributed by atoms with Crippen molar-refractivity contribution in [2.45, 2.75) is 27.3 Å². The van der Waals surface area contributed by atoms with Gasteiger partial charge >= 0.3 is 0 Å². The van der Waals surface area contributed by atoms with Gasteiger partial charge in [-0.25, -0.2) is 9.97 Å². The monoisotopic (exact) mass is 265 g/mol. The number of nitrogens with zero attached hydrogens (tertiary/aromatic N) is 3. The van der Waals surface area contributed by atoms with Crippen LogP contribution in [0.15, 0.2) is 16.5 Å². The molecule has 2 rings (SSSR count). The molecular formula is C13H16ClN3O. The maximum atomic E-state index is 6.12. The Kier molecular flexibility index (Phi) is 3.57. The first-order chi connectivity index (χ1) is 8.47. The number of rotatable bonds is 3. The van der Waals surface area contributed by atoms with Crippen LogP contribution < -0.4 is 4.90 Å². The summed E-state index contributed by atoms with van der Waals surface area (Å²) in [5.41, 5.74) is 1.74. The molecular weight excluding hydrogens is 250 g/mol. The molecule has 0 unspecified atom stereocenters. The first-order valence-corrected chi connectivity index (χ1v) is 6.12. The fourth-order valence-corrected chi connectivity index (χ4v) is 2.00. The molecule has 0 fully saturated rings. The van der Waals surface area contributed by atoms with E-state index >= 15 is 0 Å². The zero-order chi connectivity index (χ0) is 13.3. The van der Waals surface area contributed by atoms with Gasteiger partial charge in [0.05, 0.1) is 17.9 Å². The highest BCUT2D eigenvalue weighted by molar-refractivity contribution is 6.31. The summed E-state index contributed by atoms with van der Waals surface area (Å²) in [6.45, 7) is 6.36. The fraction of sp³-hybridized carbons (Fsp3) is 0.385. The molecule has 96 valence electrons. The molecule has 0 atom stereocenters. The van der Waals surface area contributed by atoms with Crippen molar-refractivity contribution in [2.75, 3.05) is 11.9 Å². The minimum Gasteiger partial charge on any atom is -0.464 e. The van der Waals surface area contributed by atoms with E-state index in [0.29, 0.717) is 17.5 Å². The summed E-state index contributed by atoms with van der Waals surface area (Å²) in [5, 5.41) is 0.420. The molecule has 5 heteroatoms. The van der Waals surface area contributed by atoms with Gasteiger partial charge in [0, 0.05) is 7.05 Å². The largest absolute Gasteiger partial charge is 0.464 e. The van der Waals surface area contributed by atoms with E-state index in [2.05, 4.69) is 9.97 Å². The van der Waals surface area contributed by atoms with Crippen molar-refractivity contribution >= 4 is 17.4 Å². The van der Waals surface area contributed by atoms with Gasteiger partial charge in [-0.1, -0.05) is 11.6 Å². The summed E-state index contributed by atoms with van der Waals surface area (Å²) in [7, 11) is 1.92. The van der Waals surface area contributed by atoms with Crippen molar-refractivity contribution in [3.8, 4) is 0 Å². The second kappa shape index (κ2) is 4.98. The summed E-state index contributed by atoms with van der Waals surface area (Å²) in [6.07, 6.45) is 0. The van der Waals surface area contributed by atoms with Gasteiger partial charge in [0.1, 0.15) is 11.5 Å². The van der Waals surface area contributed by atoms with Gasteiger partial charge in [-0.15, -0.1) is 0 Å². The molecule has 0 N–H and O–H groups in total. The molecule has 2 heterocycles. The lowest BCUT2D eigenvalue weighted by Gasteiger charge is -2.18. The second-order valence-electron chi connectivity index (χ2n) is 4.38. The van der Waals surface area contributed by atoms with E-state index in [1.165, 1.54) is 0 Å². The van der Waals surface area contributed by atoms with E-state index < -0.39 is 0 Å². The van der Waals surface area contributed by atoms with E-state index in [4.69, 9.17) is 16.0 Å². The molecule has 0 saturated heterocycles. The van der Waals surface area contributed by atoms with Crippen LogP contribution in [0.25, 0.3) is 0 Å².